The van der Waals surface area contributed by atoms with Crippen LogP contribution in [0, 0.1) is 23.3 Å². The van der Waals surface area contributed by atoms with Crippen LogP contribution in [0.5, 0.6) is 0 Å². The number of halogens is 5. The Bertz CT molecular complexity index is 877. The first-order chi connectivity index (χ1) is 12.1. The lowest BCUT2D eigenvalue weighted by Crippen LogP contribution is -2.16. The van der Waals surface area contributed by atoms with E-state index in [1.54, 1.807) is 18.2 Å². The Morgan fingerprint density at radius 3 is 1.81 bits per heavy atom. The molecule has 0 saturated heterocycles. The molecule has 0 atom stereocenters. The molecule has 27 heavy (non-hydrogen) atoms. The summed E-state index contributed by atoms with van der Waals surface area (Å²) >= 11 is 0. The zero-order chi connectivity index (χ0) is 20.1. The monoisotopic (exact) mass is 446 g/mol. The van der Waals surface area contributed by atoms with Crippen LogP contribution in [0.1, 0.15) is 29.8 Å². The van der Waals surface area contributed by atoms with Gasteiger partial charge in [0.2, 0.25) is 0 Å². The summed E-state index contributed by atoms with van der Waals surface area (Å²) in [5.41, 5.74) is -1.24. The second-order valence-electron chi connectivity index (χ2n) is 4.46. The summed E-state index contributed by atoms with van der Waals surface area (Å²) in [6.45, 7) is 3.58. The van der Waals surface area contributed by atoms with Gasteiger partial charge in [-0.2, -0.15) is 13.5 Å². The third-order valence-electron chi connectivity index (χ3n) is 2.88. The van der Waals surface area contributed by atoms with Crippen molar-refractivity contribution in [3.63, 3.8) is 0 Å². The maximum Gasteiger partial charge on any atom is 0.344 e. The second kappa shape index (κ2) is 10.5. The minimum absolute atomic E-state index is 0. The van der Waals surface area contributed by atoms with E-state index in [2.05, 4.69) is 4.74 Å². The molecule has 0 unspecified atom stereocenters. The van der Waals surface area contributed by atoms with Gasteiger partial charge in [0.1, 0.15) is 12.2 Å². The molecule has 0 N–H and O–H groups in total. The van der Waals surface area contributed by atoms with Crippen LogP contribution in [0.2, 0.25) is 0 Å². The van der Waals surface area contributed by atoms with Gasteiger partial charge in [0.05, 0.1) is 0 Å². The molecule has 0 fully saturated rings. The SMILES string of the molecule is CC.O=C(OCc1ccccc1)c1c(F)c(F)c(S(=O)(=O)Cl)c(F)c1F.S. The number of carbonyl (C=O) groups is 1. The second-order valence-corrected chi connectivity index (χ2v) is 6.96. The van der Waals surface area contributed by atoms with Gasteiger partial charge < -0.3 is 4.74 Å². The topological polar surface area (TPSA) is 60.4 Å². The molecule has 0 amide bonds. The summed E-state index contributed by atoms with van der Waals surface area (Å²) in [4.78, 5) is 9.69. The van der Waals surface area contributed by atoms with E-state index in [-0.39, 0.29) is 13.5 Å². The van der Waals surface area contributed by atoms with Gasteiger partial charge >= 0.3 is 5.97 Å². The van der Waals surface area contributed by atoms with E-state index < -0.39 is 55.4 Å². The maximum atomic E-state index is 13.8. The molecule has 2 aromatic carbocycles. The highest BCUT2D eigenvalue weighted by molar-refractivity contribution is 8.13. The first kappa shape index (κ1) is 25.2. The molecule has 0 heterocycles. The fourth-order valence-corrected chi connectivity index (χ4v) is 2.81. The van der Waals surface area contributed by atoms with Crippen LogP contribution in [0.4, 0.5) is 17.6 Å². The average Bonchev–Trinajstić information content (AvgIpc) is 2.60. The van der Waals surface area contributed by atoms with Crippen molar-refractivity contribution in [2.45, 2.75) is 25.3 Å². The van der Waals surface area contributed by atoms with Crippen molar-refractivity contribution in [1.82, 2.24) is 0 Å². The highest BCUT2D eigenvalue weighted by Crippen LogP contribution is 2.30. The van der Waals surface area contributed by atoms with Crippen LogP contribution in [-0.4, -0.2) is 14.4 Å². The Morgan fingerprint density at radius 2 is 1.41 bits per heavy atom. The fourth-order valence-electron chi connectivity index (χ4n) is 1.80. The van der Waals surface area contributed by atoms with Crippen molar-refractivity contribution in [3.8, 4) is 0 Å². The molecule has 150 valence electrons. The molecule has 0 aliphatic rings. The number of esters is 1. The molecule has 0 aliphatic carbocycles. The summed E-state index contributed by atoms with van der Waals surface area (Å²) in [5.74, 6) is -10.8. The van der Waals surface area contributed by atoms with Gasteiger partial charge in [0.25, 0.3) is 9.05 Å². The molecule has 11 heteroatoms. The molecule has 0 aromatic heterocycles. The van der Waals surface area contributed by atoms with Crippen LogP contribution in [0.15, 0.2) is 35.2 Å². The quantitative estimate of drug-likeness (QED) is 0.296. The molecule has 0 aliphatic heterocycles. The Kier molecular flexibility index (Phi) is 9.83. The highest BCUT2D eigenvalue weighted by Gasteiger charge is 2.35. The van der Waals surface area contributed by atoms with Gasteiger partial charge in [-0.25, -0.2) is 30.8 Å². The van der Waals surface area contributed by atoms with Gasteiger partial charge in [0, 0.05) is 10.7 Å². The summed E-state index contributed by atoms with van der Waals surface area (Å²) in [5, 5.41) is 0. The van der Waals surface area contributed by atoms with E-state index in [0.717, 1.165) is 0 Å². The van der Waals surface area contributed by atoms with Crippen molar-refractivity contribution in [1.29, 1.82) is 0 Å². The van der Waals surface area contributed by atoms with Crippen LogP contribution < -0.4 is 0 Å². The third-order valence-corrected chi connectivity index (χ3v) is 4.19. The summed E-state index contributed by atoms with van der Waals surface area (Å²) in [7, 11) is -0.388. The number of carbonyl (C=O) groups excluding carboxylic acids is 1. The minimum atomic E-state index is -5.12. The Hall–Kier alpha value is -1.78. The molecule has 0 bridgehead atoms. The Balaban J connectivity index is 0.00000218. The summed E-state index contributed by atoms with van der Waals surface area (Å²) in [6.07, 6.45) is 0. The van der Waals surface area contributed by atoms with E-state index in [1.165, 1.54) is 12.1 Å². The van der Waals surface area contributed by atoms with E-state index in [0.29, 0.717) is 5.56 Å². The van der Waals surface area contributed by atoms with Crippen molar-refractivity contribution < 1.29 is 35.5 Å². The van der Waals surface area contributed by atoms with Crippen molar-refractivity contribution in [3.05, 3.63) is 64.7 Å². The van der Waals surface area contributed by atoms with Gasteiger partial charge in [0.15, 0.2) is 28.2 Å². The van der Waals surface area contributed by atoms with Gasteiger partial charge in [-0.15, -0.1) is 0 Å². The molecule has 0 spiro atoms. The Labute approximate surface area is 165 Å². The summed E-state index contributed by atoms with van der Waals surface area (Å²) < 4.78 is 81.5. The van der Waals surface area contributed by atoms with Crippen LogP contribution in [-0.2, 0) is 20.4 Å². The fraction of sp³-hybridized carbons (Fsp3) is 0.188. The number of rotatable bonds is 4. The van der Waals surface area contributed by atoms with E-state index in [1.807, 2.05) is 13.8 Å². The third kappa shape index (κ3) is 5.85. The zero-order valence-corrected chi connectivity index (χ0v) is 16.6. The summed E-state index contributed by atoms with van der Waals surface area (Å²) in [6, 6.07) is 7.93. The van der Waals surface area contributed by atoms with Gasteiger partial charge in [-0.3, -0.25) is 0 Å². The zero-order valence-electron chi connectivity index (χ0n) is 14.0. The predicted octanol–water partition coefficient (Wildman–Crippen LogP) is 4.67. The van der Waals surface area contributed by atoms with E-state index >= 15 is 0 Å². The van der Waals surface area contributed by atoms with Crippen LogP contribution in [0.3, 0.4) is 0 Å². The largest absolute Gasteiger partial charge is 0.457 e. The van der Waals surface area contributed by atoms with Crippen LogP contribution >= 0.6 is 24.2 Å². The standard InChI is InChI=1S/C14H7ClF4O4S.C2H6.H2S/c15-24(21,22)13-11(18)9(16)8(10(17)12(13)19)14(20)23-6-7-4-2-1-3-5-7;1-2;/h1-5H,6H2;1-2H3;1H2. The highest BCUT2D eigenvalue weighted by atomic mass is 35.7. The Morgan fingerprint density at radius 1 is 0.963 bits per heavy atom. The van der Waals surface area contributed by atoms with E-state index in [9.17, 15) is 30.8 Å². The lowest BCUT2D eigenvalue weighted by Gasteiger charge is -2.10. The maximum absolute atomic E-state index is 13.8. The first-order valence-electron chi connectivity index (χ1n) is 7.16. The lowest BCUT2D eigenvalue weighted by molar-refractivity contribution is 0.0458. The molecule has 2 aromatic rings. The van der Waals surface area contributed by atoms with Crippen molar-refractivity contribution in [2.75, 3.05) is 0 Å². The van der Waals surface area contributed by atoms with E-state index in [4.69, 9.17) is 10.7 Å². The van der Waals surface area contributed by atoms with Crippen molar-refractivity contribution >= 4 is 39.2 Å². The molecular formula is C16H15ClF4O4S2. The number of ether oxygens (including phenoxy) is 1. The molecular weight excluding hydrogens is 432 g/mol. The number of benzene rings is 2. The number of hydrogen-bond donors (Lipinski definition) is 0. The molecule has 0 radical (unpaired) electrons. The molecule has 0 saturated carbocycles. The van der Waals surface area contributed by atoms with Gasteiger partial charge in [-0.1, -0.05) is 44.2 Å². The molecule has 2 rings (SSSR count). The normalized spacial score (nSPS) is 10.3. The van der Waals surface area contributed by atoms with Crippen molar-refractivity contribution in [2.24, 2.45) is 0 Å². The number of hydrogen-bond acceptors (Lipinski definition) is 4. The molecule has 4 nitrogen and oxygen atoms in total. The minimum Gasteiger partial charge on any atom is -0.457 e. The first-order valence-corrected chi connectivity index (χ1v) is 9.47. The van der Waals surface area contributed by atoms with Crippen LogP contribution in [0.25, 0.3) is 0 Å². The predicted molar refractivity (Wildman–Crippen MR) is 96.6 cm³/mol. The average molecular weight is 447 g/mol. The van der Waals surface area contributed by atoms with Gasteiger partial charge in [-0.05, 0) is 5.56 Å². The smallest absolute Gasteiger partial charge is 0.344 e. The lowest BCUT2D eigenvalue weighted by atomic mass is 10.1.